The molecule has 0 bridgehead atoms. The Labute approximate surface area is 134 Å². The van der Waals surface area contributed by atoms with Gasteiger partial charge >= 0.3 is 6.61 Å². The summed E-state index contributed by atoms with van der Waals surface area (Å²) in [5.41, 5.74) is 0.158. The summed E-state index contributed by atoms with van der Waals surface area (Å²) in [5, 5.41) is 8.54. The number of unbranched alkanes of at least 4 members (excludes halogenated alkanes) is 1. The highest BCUT2D eigenvalue weighted by atomic mass is 19.3. The number of rotatable bonds is 6. The Morgan fingerprint density at radius 2 is 1.96 bits per heavy atom. The molecule has 0 aromatic heterocycles. The van der Waals surface area contributed by atoms with E-state index >= 15 is 0 Å². The standard InChI is InChI=1S/C16H19F2N3O2/c17-16(18)23-14-6-2-1-5-13(14)15(22)21-11-9-20(10-12-21)8-4-3-7-19/h1-2,5-6,16H,3-4,8-12H2. The van der Waals surface area contributed by atoms with Crippen LogP contribution in [-0.4, -0.2) is 55.0 Å². The van der Waals surface area contributed by atoms with Crippen molar-refractivity contribution in [2.24, 2.45) is 0 Å². The molecule has 5 nitrogen and oxygen atoms in total. The van der Waals surface area contributed by atoms with Crippen LogP contribution in [0.15, 0.2) is 24.3 Å². The molecule has 2 rings (SSSR count). The van der Waals surface area contributed by atoms with E-state index in [1.807, 2.05) is 0 Å². The topological polar surface area (TPSA) is 56.6 Å². The largest absolute Gasteiger partial charge is 0.434 e. The normalized spacial score (nSPS) is 15.5. The van der Waals surface area contributed by atoms with Crippen molar-refractivity contribution < 1.29 is 18.3 Å². The van der Waals surface area contributed by atoms with Crippen LogP contribution in [0.3, 0.4) is 0 Å². The summed E-state index contributed by atoms with van der Waals surface area (Å²) in [6.07, 6.45) is 1.34. The monoisotopic (exact) mass is 323 g/mol. The first kappa shape index (κ1) is 17.2. The number of ether oxygens (including phenoxy) is 1. The number of alkyl halides is 2. The Hall–Kier alpha value is -2.20. The van der Waals surface area contributed by atoms with Crippen molar-refractivity contribution in [2.75, 3.05) is 32.7 Å². The molecular weight excluding hydrogens is 304 g/mol. The molecule has 0 unspecified atom stereocenters. The third-order valence-corrected chi connectivity index (χ3v) is 3.76. The molecule has 1 aromatic carbocycles. The number of carbonyl (C=O) groups excluding carboxylic acids is 1. The number of amides is 1. The summed E-state index contributed by atoms with van der Waals surface area (Å²) in [5.74, 6) is -0.387. The minimum absolute atomic E-state index is 0.0936. The molecule has 23 heavy (non-hydrogen) atoms. The van der Waals surface area contributed by atoms with E-state index in [0.717, 1.165) is 26.1 Å². The van der Waals surface area contributed by atoms with Crippen molar-refractivity contribution >= 4 is 5.91 Å². The lowest BCUT2D eigenvalue weighted by atomic mass is 10.1. The van der Waals surface area contributed by atoms with Gasteiger partial charge in [-0.2, -0.15) is 14.0 Å². The zero-order chi connectivity index (χ0) is 16.7. The molecule has 0 N–H and O–H groups in total. The van der Waals surface area contributed by atoms with Gasteiger partial charge in [-0.05, 0) is 25.1 Å². The number of nitriles is 1. The molecule has 7 heteroatoms. The zero-order valence-corrected chi connectivity index (χ0v) is 12.8. The van der Waals surface area contributed by atoms with Gasteiger partial charge in [-0.25, -0.2) is 0 Å². The molecule has 1 aliphatic heterocycles. The fourth-order valence-electron chi connectivity index (χ4n) is 2.57. The first-order valence-corrected chi connectivity index (χ1v) is 7.54. The first-order valence-electron chi connectivity index (χ1n) is 7.54. The quantitative estimate of drug-likeness (QED) is 0.754. The Morgan fingerprint density at radius 3 is 2.61 bits per heavy atom. The van der Waals surface area contributed by atoms with Crippen LogP contribution < -0.4 is 4.74 Å². The second-order valence-corrected chi connectivity index (χ2v) is 5.27. The molecule has 0 spiro atoms. The van der Waals surface area contributed by atoms with Gasteiger partial charge in [0.15, 0.2) is 0 Å². The maximum atomic E-state index is 12.5. The fourth-order valence-corrected chi connectivity index (χ4v) is 2.57. The van der Waals surface area contributed by atoms with Crippen LogP contribution in [0.1, 0.15) is 23.2 Å². The molecule has 1 fully saturated rings. The lowest BCUT2D eigenvalue weighted by Crippen LogP contribution is -2.48. The predicted octanol–water partition coefficient (Wildman–Crippen LogP) is 2.35. The van der Waals surface area contributed by atoms with E-state index in [4.69, 9.17) is 5.26 Å². The lowest BCUT2D eigenvalue weighted by molar-refractivity contribution is -0.0503. The maximum Gasteiger partial charge on any atom is 0.387 e. The Morgan fingerprint density at radius 1 is 1.26 bits per heavy atom. The number of hydrogen-bond acceptors (Lipinski definition) is 4. The van der Waals surface area contributed by atoms with Crippen LogP contribution in [0.2, 0.25) is 0 Å². The first-order chi connectivity index (χ1) is 11.1. The van der Waals surface area contributed by atoms with E-state index in [1.54, 1.807) is 17.0 Å². The molecule has 0 saturated carbocycles. The van der Waals surface area contributed by atoms with Gasteiger partial charge in [-0.1, -0.05) is 12.1 Å². The molecule has 1 heterocycles. The Bertz CT molecular complexity index is 567. The van der Waals surface area contributed by atoms with E-state index in [1.165, 1.54) is 12.1 Å². The summed E-state index contributed by atoms with van der Waals surface area (Å²) < 4.78 is 29.3. The van der Waals surface area contributed by atoms with Gasteiger partial charge in [0.05, 0.1) is 11.6 Å². The highest BCUT2D eigenvalue weighted by molar-refractivity contribution is 5.97. The number of para-hydroxylation sites is 1. The van der Waals surface area contributed by atoms with Crippen molar-refractivity contribution in [2.45, 2.75) is 19.5 Å². The highest BCUT2D eigenvalue weighted by Crippen LogP contribution is 2.22. The van der Waals surface area contributed by atoms with Crippen molar-refractivity contribution in [1.29, 1.82) is 5.26 Å². The molecule has 0 aliphatic carbocycles. The van der Waals surface area contributed by atoms with E-state index < -0.39 is 6.61 Å². The van der Waals surface area contributed by atoms with Gasteiger partial charge in [0, 0.05) is 32.6 Å². The Balaban J connectivity index is 1.94. The number of hydrogen-bond donors (Lipinski definition) is 0. The average Bonchev–Trinajstić information content (AvgIpc) is 2.55. The van der Waals surface area contributed by atoms with Crippen LogP contribution in [0.25, 0.3) is 0 Å². The second-order valence-electron chi connectivity index (χ2n) is 5.27. The van der Waals surface area contributed by atoms with Crippen LogP contribution in [-0.2, 0) is 0 Å². The van der Waals surface area contributed by atoms with E-state index in [9.17, 15) is 13.6 Å². The van der Waals surface area contributed by atoms with Crippen LogP contribution in [0.5, 0.6) is 5.75 Å². The molecular formula is C16H19F2N3O2. The van der Waals surface area contributed by atoms with Crippen LogP contribution in [0, 0.1) is 11.3 Å². The average molecular weight is 323 g/mol. The van der Waals surface area contributed by atoms with Gasteiger partial charge in [-0.3, -0.25) is 9.69 Å². The van der Waals surface area contributed by atoms with Crippen molar-refractivity contribution in [3.8, 4) is 11.8 Å². The molecule has 1 aromatic rings. The van der Waals surface area contributed by atoms with Crippen LogP contribution >= 0.6 is 0 Å². The number of nitrogens with zero attached hydrogens (tertiary/aromatic N) is 3. The third kappa shape index (κ3) is 4.89. The maximum absolute atomic E-state index is 12.5. The second kappa shape index (κ2) is 8.44. The van der Waals surface area contributed by atoms with E-state index in [-0.39, 0.29) is 17.2 Å². The summed E-state index contributed by atoms with van der Waals surface area (Å²) in [4.78, 5) is 16.4. The molecule has 1 saturated heterocycles. The van der Waals surface area contributed by atoms with E-state index in [0.29, 0.717) is 19.5 Å². The Kier molecular flexibility index (Phi) is 6.29. The molecule has 0 atom stereocenters. The smallest absolute Gasteiger partial charge is 0.387 e. The molecule has 1 amide bonds. The van der Waals surface area contributed by atoms with Crippen molar-refractivity contribution in [3.63, 3.8) is 0 Å². The van der Waals surface area contributed by atoms with Gasteiger partial charge in [-0.15, -0.1) is 0 Å². The van der Waals surface area contributed by atoms with E-state index in [2.05, 4.69) is 15.7 Å². The van der Waals surface area contributed by atoms with Gasteiger partial charge < -0.3 is 9.64 Å². The minimum atomic E-state index is -2.96. The predicted molar refractivity (Wildman–Crippen MR) is 80.3 cm³/mol. The number of halogens is 2. The number of piperazine rings is 1. The zero-order valence-electron chi connectivity index (χ0n) is 12.8. The third-order valence-electron chi connectivity index (χ3n) is 3.76. The van der Waals surface area contributed by atoms with Gasteiger partial charge in [0.25, 0.3) is 5.91 Å². The van der Waals surface area contributed by atoms with Crippen molar-refractivity contribution in [1.82, 2.24) is 9.80 Å². The summed E-state index contributed by atoms with van der Waals surface area (Å²) >= 11 is 0. The minimum Gasteiger partial charge on any atom is -0.434 e. The summed E-state index contributed by atoms with van der Waals surface area (Å²) in [6, 6.07) is 8.17. The lowest BCUT2D eigenvalue weighted by Gasteiger charge is -2.34. The summed E-state index contributed by atoms with van der Waals surface area (Å²) in [6.45, 7) is 0.383. The number of carbonyl (C=O) groups is 1. The van der Waals surface area contributed by atoms with Crippen molar-refractivity contribution in [3.05, 3.63) is 29.8 Å². The molecule has 1 aliphatic rings. The summed E-state index contributed by atoms with van der Waals surface area (Å²) in [7, 11) is 0. The van der Waals surface area contributed by atoms with Gasteiger partial charge in [0.1, 0.15) is 5.75 Å². The SMILES string of the molecule is N#CCCCN1CCN(C(=O)c2ccccc2OC(F)F)CC1. The fraction of sp³-hybridized carbons (Fsp3) is 0.500. The number of benzene rings is 1. The highest BCUT2D eigenvalue weighted by Gasteiger charge is 2.24. The van der Waals surface area contributed by atoms with Gasteiger partial charge in [0.2, 0.25) is 0 Å². The van der Waals surface area contributed by atoms with Crippen LogP contribution in [0.4, 0.5) is 8.78 Å². The molecule has 0 radical (unpaired) electrons. The molecule has 124 valence electrons.